The monoisotopic (exact) mass is 343 g/mol. The van der Waals surface area contributed by atoms with E-state index in [9.17, 15) is 18.3 Å². The Kier molecular flexibility index (Phi) is 3.10. The van der Waals surface area contributed by atoms with Gasteiger partial charge in [-0.3, -0.25) is 9.10 Å². The molecule has 0 saturated carbocycles. The van der Waals surface area contributed by atoms with Gasteiger partial charge in [-0.15, -0.1) is 0 Å². The zero-order valence-corrected chi connectivity index (χ0v) is 13.2. The molecular weight excluding hydrogens is 330 g/mol. The van der Waals surface area contributed by atoms with E-state index in [1.165, 1.54) is 6.20 Å². The van der Waals surface area contributed by atoms with E-state index >= 15 is 0 Å². The summed E-state index contributed by atoms with van der Waals surface area (Å²) in [4.78, 5) is 18.5. The maximum absolute atomic E-state index is 13.1. The van der Waals surface area contributed by atoms with Crippen molar-refractivity contribution >= 4 is 32.7 Å². The number of aromatic nitrogens is 2. The molecule has 1 aliphatic heterocycles. The van der Waals surface area contributed by atoms with Gasteiger partial charge in [-0.05, 0) is 23.8 Å². The number of carboxylic acids is 1. The Morgan fingerprint density at radius 3 is 2.83 bits per heavy atom. The number of benzene rings is 1. The first-order valence-corrected chi connectivity index (χ1v) is 8.71. The summed E-state index contributed by atoms with van der Waals surface area (Å²) >= 11 is 0. The summed E-state index contributed by atoms with van der Waals surface area (Å²) in [6.07, 6.45) is 2.96. The topological polar surface area (TPSA) is 103 Å². The summed E-state index contributed by atoms with van der Waals surface area (Å²) in [6, 6.07) is 10.0. The van der Waals surface area contributed by atoms with Gasteiger partial charge in [0.25, 0.3) is 10.0 Å². The third kappa shape index (κ3) is 2.00. The maximum Gasteiger partial charge on any atom is 0.312 e. The van der Waals surface area contributed by atoms with Crippen LogP contribution in [-0.2, 0) is 14.8 Å². The number of hydrogen-bond donors (Lipinski definition) is 2. The number of H-pyrrole nitrogens is 1. The molecule has 24 heavy (non-hydrogen) atoms. The lowest BCUT2D eigenvalue weighted by molar-refractivity contribution is -0.138. The summed E-state index contributed by atoms with van der Waals surface area (Å²) in [5, 5.41) is 9.89. The first kappa shape index (κ1) is 14.7. The Labute approximate surface area is 137 Å². The quantitative estimate of drug-likeness (QED) is 0.756. The molecule has 1 unspecified atom stereocenters. The number of aromatic amines is 1. The molecule has 0 fully saturated rings. The van der Waals surface area contributed by atoms with Crippen LogP contribution in [0, 0.1) is 0 Å². The van der Waals surface area contributed by atoms with Gasteiger partial charge in [0.15, 0.2) is 0 Å². The van der Waals surface area contributed by atoms with E-state index in [-0.39, 0.29) is 11.4 Å². The van der Waals surface area contributed by atoms with Gasteiger partial charge in [-0.1, -0.05) is 18.2 Å². The third-order valence-electron chi connectivity index (χ3n) is 4.21. The van der Waals surface area contributed by atoms with Crippen LogP contribution in [0.15, 0.2) is 53.7 Å². The highest BCUT2D eigenvalue weighted by molar-refractivity contribution is 7.93. The molecule has 0 aliphatic carbocycles. The number of nitrogens with zero attached hydrogens (tertiary/aromatic N) is 2. The number of pyridine rings is 1. The van der Waals surface area contributed by atoms with E-state index < -0.39 is 21.9 Å². The summed E-state index contributed by atoms with van der Waals surface area (Å²) < 4.78 is 27.4. The number of para-hydroxylation sites is 1. The van der Waals surface area contributed by atoms with E-state index in [1.54, 1.807) is 42.6 Å². The van der Waals surface area contributed by atoms with Crippen LogP contribution in [0.3, 0.4) is 0 Å². The van der Waals surface area contributed by atoms with E-state index in [4.69, 9.17) is 0 Å². The number of carboxylic acid groups (broad SMARTS) is 1. The SMILES string of the molecule is O=C(O)C1CN(S(=O)(=O)c2c[nH]c3ncccc23)c2ccccc21. The van der Waals surface area contributed by atoms with E-state index in [0.717, 1.165) is 4.31 Å². The van der Waals surface area contributed by atoms with Crippen molar-refractivity contribution in [1.82, 2.24) is 9.97 Å². The van der Waals surface area contributed by atoms with Gasteiger partial charge in [-0.25, -0.2) is 13.4 Å². The molecule has 7 nitrogen and oxygen atoms in total. The fourth-order valence-electron chi connectivity index (χ4n) is 3.07. The Morgan fingerprint density at radius 2 is 2.04 bits per heavy atom. The number of anilines is 1. The highest BCUT2D eigenvalue weighted by Crippen LogP contribution is 2.40. The van der Waals surface area contributed by atoms with Crippen molar-refractivity contribution in [3.63, 3.8) is 0 Å². The van der Waals surface area contributed by atoms with Crippen molar-refractivity contribution in [2.24, 2.45) is 0 Å². The van der Waals surface area contributed by atoms with Gasteiger partial charge in [-0.2, -0.15) is 0 Å². The van der Waals surface area contributed by atoms with Gasteiger partial charge in [0.05, 0.1) is 12.2 Å². The number of sulfonamides is 1. The minimum absolute atomic E-state index is 0.0893. The molecule has 8 heteroatoms. The molecular formula is C16H13N3O4S. The predicted octanol–water partition coefficient (Wildman–Crippen LogP) is 1.94. The summed E-state index contributed by atoms with van der Waals surface area (Å²) in [5.41, 5.74) is 1.38. The number of aliphatic carboxylic acids is 1. The lowest BCUT2D eigenvalue weighted by Gasteiger charge is -2.19. The number of hydrogen-bond acceptors (Lipinski definition) is 4. The van der Waals surface area contributed by atoms with E-state index in [0.29, 0.717) is 22.3 Å². The van der Waals surface area contributed by atoms with Crippen LogP contribution in [0.25, 0.3) is 11.0 Å². The number of fused-ring (bicyclic) bond motifs is 2. The first-order chi connectivity index (χ1) is 11.5. The minimum atomic E-state index is -3.90. The second-order valence-electron chi connectivity index (χ2n) is 5.54. The van der Waals surface area contributed by atoms with Gasteiger partial charge in [0, 0.05) is 17.8 Å². The van der Waals surface area contributed by atoms with Crippen molar-refractivity contribution in [3.05, 3.63) is 54.4 Å². The van der Waals surface area contributed by atoms with Crippen molar-refractivity contribution in [2.75, 3.05) is 10.8 Å². The molecule has 4 rings (SSSR count). The second-order valence-corrected chi connectivity index (χ2v) is 7.37. The van der Waals surface area contributed by atoms with Gasteiger partial charge >= 0.3 is 5.97 Å². The highest BCUT2D eigenvalue weighted by Gasteiger charge is 2.40. The molecule has 3 aromatic rings. The highest BCUT2D eigenvalue weighted by atomic mass is 32.2. The normalized spacial score (nSPS) is 17.2. The van der Waals surface area contributed by atoms with E-state index in [1.807, 2.05) is 0 Å². The fraction of sp³-hybridized carbons (Fsp3) is 0.125. The molecule has 0 spiro atoms. The molecule has 3 heterocycles. The second kappa shape index (κ2) is 5.07. The molecule has 1 aliphatic rings. The van der Waals surface area contributed by atoms with Crippen molar-refractivity contribution in [1.29, 1.82) is 0 Å². The molecule has 1 atom stereocenters. The zero-order valence-electron chi connectivity index (χ0n) is 12.4. The minimum Gasteiger partial charge on any atom is -0.481 e. The number of nitrogens with one attached hydrogen (secondary N) is 1. The number of rotatable bonds is 3. The Hall–Kier alpha value is -2.87. The molecule has 0 radical (unpaired) electrons. The van der Waals surface area contributed by atoms with Crippen LogP contribution >= 0.6 is 0 Å². The van der Waals surface area contributed by atoms with Gasteiger partial charge < -0.3 is 10.1 Å². The first-order valence-electron chi connectivity index (χ1n) is 7.27. The lowest BCUT2D eigenvalue weighted by Crippen LogP contribution is -2.31. The molecule has 2 N–H and O–H groups in total. The zero-order chi connectivity index (χ0) is 16.9. The molecule has 0 saturated heterocycles. The maximum atomic E-state index is 13.1. The molecule has 122 valence electrons. The fourth-order valence-corrected chi connectivity index (χ4v) is 4.73. The average molecular weight is 343 g/mol. The molecule has 0 amide bonds. The van der Waals surface area contributed by atoms with Crippen LogP contribution < -0.4 is 4.31 Å². The summed E-state index contributed by atoms with van der Waals surface area (Å²) in [5.74, 6) is -1.92. The Morgan fingerprint density at radius 1 is 1.25 bits per heavy atom. The van der Waals surface area contributed by atoms with Crippen LogP contribution in [0.5, 0.6) is 0 Å². The van der Waals surface area contributed by atoms with Crippen molar-refractivity contribution < 1.29 is 18.3 Å². The summed E-state index contributed by atoms with van der Waals surface area (Å²) in [6.45, 7) is -0.121. The average Bonchev–Trinajstić information content (AvgIpc) is 3.17. The van der Waals surface area contributed by atoms with Crippen molar-refractivity contribution in [2.45, 2.75) is 10.8 Å². The number of carbonyl (C=O) groups is 1. The Bertz CT molecular complexity index is 1060. The van der Waals surface area contributed by atoms with Crippen LogP contribution in [0.2, 0.25) is 0 Å². The van der Waals surface area contributed by atoms with Gasteiger partial charge in [0.1, 0.15) is 16.5 Å². The lowest BCUT2D eigenvalue weighted by atomic mass is 10.0. The standard InChI is InChI=1S/C16H13N3O4S/c20-16(21)12-9-19(13-6-2-1-4-10(12)13)24(22,23)14-8-18-15-11(14)5-3-7-17-15/h1-8,12H,9H2,(H,17,18)(H,20,21). The predicted molar refractivity (Wildman–Crippen MR) is 87.4 cm³/mol. The van der Waals surface area contributed by atoms with Crippen molar-refractivity contribution in [3.8, 4) is 0 Å². The smallest absolute Gasteiger partial charge is 0.312 e. The third-order valence-corrected chi connectivity index (χ3v) is 6.03. The summed E-state index contributed by atoms with van der Waals surface area (Å²) in [7, 11) is -3.90. The van der Waals surface area contributed by atoms with Crippen LogP contribution in [0.1, 0.15) is 11.5 Å². The molecule has 2 aromatic heterocycles. The molecule has 1 aromatic carbocycles. The largest absolute Gasteiger partial charge is 0.481 e. The van der Waals surface area contributed by atoms with E-state index in [2.05, 4.69) is 9.97 Å². The van der Waals surface area contributed by atoms with Gasteiger partial charge in [0.2, 0.25) is 0 Å². The molecule has 0 bridgehead atoms. The Balaban J connectivity index is 1.88. The van der Waals surface area contributed by atoms with Crippen LogP contribution in [-0.4, -0.2) is 36.0 Å². The van der Waals surface area contributed by atoms with Crippen LogP contribution in [0.4, 0.5) is 5.69 Å².